The Labute approximate surface area is 85.8 Å². The van der Waals surface area contributed by atoms with Gasteiger partial charge in [0.15, 0.2) is 0 Å². The third-order valence-electron chi connectivity index (χ3n) is 1.67. The summed E-state index contributed by atoms with van der Waals surface area (Å²) in [6.07, 6.45) is 0. The summed E-state index contributed by atoms with van der Waals surface area (Å²) in [7, 11) is 1.53. The quantitative estimate of drug-likeness (QED) is 0.549. The second-order valence-electron chi connectivity index (χ2n) is 2.98. The van der Waals surface area contributed by atoms with Crippen LogP contribution in [0.4, 0.5) is 0 Å². The van der Waals surface area contributed by atoms with Crippen molar-refractivity contribution < 1.29 is 4.74 Å². The fourth-order valence-corrected chi connectivity index (χ4v) is 0.833. The number of likely N-dealkylation sites (N-methyl/N-ethyl adjacent to an activating group) is 1. The maximum absolute atomic E-state index is 4.92. The molecule has 14 heavy (non-hydrogen) atoms. The standard InChI is InChI=1S/C10H19N3O/c1-6-12-7-9(8(2)3)13-10(11-4)14-5/h12H,4,6-7H2,1-3,5H3. The molecule has 0 heterocycles. The third-order valence-corrected chi connectivity index (χ3v) is 1.67. The molecule has 0 unspecified atom stereocenters. The molecule has 0 fully saturated rings. The smallest absolute Gasteiger partial charge is 0.315 e. The van der Waals surface area contributed by atoms with Crippen molar-refractivity contribution >= 4 is 12.7 Å². The van der Waals surface area contributed by atoms with E-state index in [1.165, 1.54) is 7.11 Å². The van der Waals surface area contributed by atoms with Crippen LogP contribution in [-0.2, 0) is 4.74 Å². The molecule has 0 bridgehead atoms. The number of amidine groups is 1. The summed E-state index contributed by atoms with van der Waals surface area (Å²) in [5.74, 6) is 0. The van der Waals surface area contributed by atoms with Crippen LogP contribution >= 0.6 is 0 Å². The Morgan fingerprint density at radius 1 is 1.43 bits per heavy atom. The van der Waals surface area contributed by atoms with E-state index in [1.54, 1.807) is 0 Å². The van der Waals surface area contributed by atoms with Gasteiger partial charge in [0.25, 0.3) is 0 Å². The molecule has 0 aliphatic heterocycles. The highest BCUT2D eigenvalue weighted by Gasteiger charge is 2.00. The van der Waals surface area contributed by atoms with Crippen LogP contribution in [0.3, 0.4) is 0 Å². The van der Waals surface area contributed by atoms with Gasteiger partial charge in [-0.25, -0.2) is 4.99 Å². The second-order valence-corrected chi connectivity index (χ2v) is 2.98. The van der Waals surface area contributed by atoms with Gasteiger partial charge in [-0.15, -0.1) is 0 Å². The van der Waals surface area contributed by atoms with E-state index in [0.29, 0.717) is 6.02 Å². The van der Waals surface area contributed by atoms with E-state index in [4.69, 9.17) is 4.74 Å². The van der Waals surface area contributed by atoms with Crippen LogP contribution in [0, 0.1) is 0 Å². The van der Waals surface area contributed by atoms with Crippen molar-refractivity contribution in [3.8, 4) is 0 Å². The van der Waals surface area contributed by atoms with Gasteiger partial charge >= 0.3 is 6.02 Å². The minimum absolute atomic E-state index is 0.305. The van der Waals surface area contributed by atoms with E-state index in [-0.39, 0.29) is 0 Å². The lowest BCUT2D eigenvalue weighted by Gasteiger charge is -2.06. The predicted octanol–water partition coefficient (Wildman–Crippen LogP) is 1.59. The van der Waals surface area contributed by atoms with Crippen molar-refractivity contribution in [2.45, 2.75) is 20.8 Å². The molecule has 0 amide bonds. The van der Waals surface area contributed by atoms with E-state index in [0.717, 1.165) is 24.4 Å². The average Bonchev–Trinajstić information content (AvgIpc) is 2.18. The number of methoxy groups -OCH3 is 1. The zero-order valence-electron chi connectivity index (χ0n) is 9.42. The first kappa shape index (κ1) is 12.8. The summed E-state index contributed by atoms with van der Waals surface area (Å²) in [6, 6.07) is 0.305. The minimum atomic E-state index is 0.305. The van der Waals surface area contributed by atoms with Crippen LogP contribution in [0.1, 0.15) is 20.8 Å². The molecule has 0 aromatic carbocycles. The van der Waals surface area contributed by atoms with E-state index in [1.807, 2.05) is 13.8 Å². The summed E-state index contributed by atoms with van der Waals surface area (Å²) in [6.45, 7) is 11.1. The minimum Gasteiger partial charge on any atom is -0.467 e. The highest BCUT2D eigenvalue weighted by molar-refractivity contribution is 5.79. The van der Waals surface area contributed by atoms with E-state index >= 15 is 0 Å². The lowest BCUT2D eigenvalue weighted by Crippen LogP contribution is -2.17. The molecule has 0 aliphatic carbocycles. The van der Waals surface area contributed by atoms with Gasteiger partial charge < -0.3 is 10.1 Å². The Morgan fingerprint density at radius 3 is 2.43 bits per heavy atom. The zero-order chi connectivity index (χ0) is 11.0. The molecule has 0 saturated carbocycles. The lowest BCUT2D eigenvalue weighted by atomic mass is 10.2. The number of nitrogens with one attached hydrogen (secondary N) is 1. The number of aliphatic imine (C=N–C) groups is 2. The topological polar surface area (TPSA) is 46.0 Å². The predicted molar refractivity (Wildman–Crippen MR) is 60.9 cm³/mol. The molecular formula is C10H19N3O. The lowest BCUT2D eigenvalue weighted by molar-refractivity contribution is 0.396. The van der Waals surface area contributed by atoms with Crippen molar-refractivity contribution in [3.63, 3.8) is 0 Å². The molecule has 0 saturated heterocycles. The van der Waals surface area contributed by atoms with Gasteiger partial charge in [0.05, 0.1) is 12.8 Å². The van der Waals surface area contributed by atoms with Gasteiger partial charge in [0.2, 0.25) is 0 Å². The Hall–Kier alpha value is -1.16. The number of ether oxygens (including phenoxy) is 1. The first-order valence-corrected chi connectivity index (χ1v) is 4.62. The van der Waals surface area contributed by atoms with E-state index in [9.17, 15) is 0 Å². The van der Waals surface area contributed by atoms with Crippen molar-refractivity contribution in [1.82, 2.24) is 5.32 Å². The van der Waals surface area contributed by atoms with Crippen molar-refractivity contribution in [2.24, 2.45) is 9.98 Å². The monoisotopic (exact) mass is 197 g/mol. The van der Waals surface area contributed by atoms with Crippen LogP contribution < -0.4 is 5.32 Å². The van der Waals surface area contributed by atoms with Gasteiger partial charge in [0, 0.05) is 6.54 Å². The highest BCUT2D eigenvalue weighted by atomic mass is 16.5. The molecule has 0 aromatic heterocycles. The Balaban J connectivity index is 4.60. The van der Waals surface area contributed by atoms with Crippen LogP contribution in [0.25, 0.3) is 0 Å². The summed E-state index contributed by atoms with van der Waals surface area (Å²) in [4.78, 5) is 7.89. The van der Waals surface area contributed by atoms with Gasteiger partial charge in [-0.05, 0) is 27.1 Å². The van der Waals surface area contributed by atoms with Crippen molar-refractivity contribution in [3.05, 3.63) is 11.3 Å². The van der Waals surface area contributed by atoms with Crippen LogP contribution in [-0.4, -0.2) is 32.9 Å². The maximum Gasteiger partial charge on any atom is 0.315 e. The van der Waals surface area contributed by atoms with Crippen molar-refractivity contribution in [1.29, 1.82) is 0 Å². The summed E-state index contributed by atoms with van der Waals surface area (Å²) < 4.78 is 4.92. The number of hydrogen-bond donors (Lipinski definition) is 1. The fraction of sp³-hybridized carbons (Fsp3) is 0.600. The SMILES string of the molecule is C=NC(=NC(CNCC)=C(C)C)OC. The normalized spacial score (nSPS) is 11.0. The molecule has 0 spiro atoms. The molecule has 4 nitrogen and oxygen atoms in total. The molecule has 0 aliphatic rings. The molecular weight excluding hydrogens is 178 g/mol. The van der Waals surface area contributed by atoms with Crippen LogP contribution in [0.5, 0.6) is 0 Å². The number of allylic oxidation sites excluding steroid dienone is 1. The van der Waals surface area contributed by atoms with Crippen molar-refractivity contribution in [2.75, 3.05) is 20.2 Å². The third kappa shape index (κ3) is 4.77. The number of hydrogen-bond acceptors (Lipinski definition) is 3. The van der Waals surface area contributed by atoms with Gasteiger partial charge in [-0.2, -0.15) is 4.99 Å². The second kappa shape index (κ2) is 7.26. The number of nitrogens with zero attached hydrogens (tertiary/aromatic N) is 2. The van der Waals surface area contributed by atoms with Crippen LogP contribution in [0.2, 0.25) is 0 Å². The highest BCUT2D eigenvalue weighted by Crippen LogP contribution is 2.04. The molecule has 4 heteroatoms. The Morgan fingerprint density at radius 2 is 2.07 bits per heavy atom. The summed E-state index contributed by atoms with van der Waals surface area (Å²) in [5, 5.41) is 3.20. The fourth-order valence-electron chi connectivity index (χ4n) is 0.833. The zero-order valence-corrected chi connectivity index (χ0v) is 9.42. The van der Waals surface area contributed by atoms with Crippen LogP contribution in [0.15, 0.2) is 21.3 Å². The number of rotatable bonds is 4. The molecule has 0 radical (unpaired) electrons. The molecule has 0 atom stereocenters. The summed E-state index contributed by atoms with van der Waals surface area (Å²) in [5.41, 5.74) is 2.08. The first-order chi connectivity index (χ1) is 6.65. The first-order valence-electron chi connectivity index (χ1n) is 4.62. The van der Waals surface area contributed by atoms with E-state index in [2.05, 4.69) is 28.9 Å². The summed E-state index contributed by atoms with van der Waals surface area (Å²) >= 11 is 0. The van der Waals surface area contributed by atoms with Gasteiger partial charge in [-0.3, -0.25) is 0 Å². The maximum atomic E-state index is 4.92. The molecule has 0 rings (SSSR count). The van der Waals surface area contributed by atoms with E-state index < -0.39 is 0 Å². The molecule has 80 valence electrons. The Kier molecular flexibility index (Phi) is 6.66. The molecule has 0 aromatic rings. The van der Waals surface area contributed by atoms with Gasteiger partial charge in [-0.1, -0.05) is 12.5 Å². The average molecular weight is 197 g/mol. The van der Waals surface area contributed by atoms with Gasteiger partial charge in [0.1, 0.15) is 0 Å². The Bertz CT molecular complexity index is 240. The largest absolute Gasteiger partial charge is 0.467 e. The molecule has 1 N–H and O–H groups in total.